The number of nitrogens with one attached hydrogen (secondary N) is 2. The van der Waals surface area contributed by atoms with Crippen LogP contribution < -0.4 is 10.6 Å². The van der Waals surface area contributed by atoms with E-state index < -0.39 is 0 Å². The molecule has 0 saturated heterocycles. The smallest absolute Gasteiger partial charge is 0.230 e. The van der Waals surface area contributed by atoms with Crippen molar-refractivity contribution < 1.29 is 4.79 Å². The van der Waals surface area contributed by atoms with E-state index in [0.29, 0.717) is 23.1 Å². The Kier molecular flexibility index (Phi) is 5.16. The number of carbonyl (C=O) groups excluding carboxylic acids is 1. The van der Waals surface area contributed by atoms with Gasteiger partial charge in [-0.1, -0.05) is 19.8 Å². The van der Waals surface area contributed by atoms with Crippen molar-refractivity contribution in [1.82, 2.24) is 10.6 Å². The zero-order valence-corrected chi connectivity index (χ0v) is 11.5. The minimum absolute atomic E-state index is 0.235. The van der Waals surface area contributed by atoms with E-state index in [1.54, 1.807) is 0 Å². The number of hydrogen-bond acceptors (Lipinski definition) is 3. The second-order valence-electron chi connectivity index (χ2n) is 5.14. The van der Waals surface area contributed by atoms with Gasteiger partial charge < -0.3 is 10.6 Å². The standard InChI is InChI=1S/C13H24N2OS/c1-2-14-11-5-3-4-6-12(11)17-9-13(16)15-10-7-8-10/h10-12,14H,2-9H2,1H3,(H,15,16). The lowest BCUT2D eigenvalue weighted by molar-refractivity contribution is -0.118. The second kappa shape index (κ2) is 6.64. The minimum Gasteiger partial charge on any atom is -0.353 e. The first-order chi connectivity index (χ1) is 8.29. The lowest BCUT2D eigenvalue weighted by Crippen LogP contribution is -2.41. The highest BCUT2D eigenvalue weighted by molar-refractivity contribution is 8.00. The maximum atomic E-state index is 11.6. The molecule has 0 bridgehead atoms. The summed E-state index contributed by atoms with van der Waals surface area (Å²) in [5.41, 5.74) is 0. The molecule has 2 atom stereocenters. The quantitative estimate of drug-likeness (QED) is 0.763. The van der Waals surface area contributed by atoms with E-state index in [9.17, 15) is 4.79 Å². The Morgan fingerprint density at radius 2 is 2.00 bits per heavy atom. The van der Waals surface area contributed by atoms with Gasteiger partial charge in [-0.3, -0.25) is 4.79 Å². The molecule has 2 aliphatic carbocycles. The molecule has 1 amide bonds. The number of thioether (sulfide) groups is 1. The fourth-order valence-corrected chi connectivity index (χ4v) is 3.72. The molecule has 17 heavy (non-hydrogen) atoms. The summed E-state index contributed by atoms with van der Waals surface area (Å²) < 4.78 is 0. The SMILES string of the molecule is CCNC1CCCCC1SCC(=O)NC1CC1. The maximum Gasteiger partial charge on any atom is 0.230 e. The molecule has 2 saturated carbocycles. The molecule has 2 unspecified atom stereocenters. The zero-order chi connectivity index (χ0) is 12.1. The van der Waals surface area contributed by atoms with E-state index >= 15 is 0 Å². The third kappa shape index (κ3) is 4.51. The topological polar surface area (TPSA) is 41.1 Å². The van der Waals surface area contributed by atoms with Crippen LogP contribution >= 0.6 is 11.8 Å². The minimum atomic E-state index is 0.235. The third-order valence-electron chi connectivity index (χ3n) is 3.54. The van der Waals surface area contributed by atoms with Gasteiger partial charge in [0.05, 0.1) is 5.75 Å². The lowest BCUT2D eigenvalue weighted by atomic mass is 9.95. The first-order valence-electron chi connectivity index (χ1n) is 6.94. The third-order valence-corrected chi connectivity index (χ3v) is 4.96. The van der Waals surface area contributed by atoms with Gasteiger partial charge in [0.2, 0.25) is 5.91 Å². The van der Waals surface area contributed by atoms with E-state index in [1.807, 2.05) is 11.8 Å². The van der Waals surface area contributed by atoms with Crippen LogP contribution in [0.15, 0.2) is 0 Å². The van der Waals surface area contributed by atoms with Gasteiger partial charge in [0.25, 0.3) is 0 Å². The lowest BCUT2D eigenvalue weighted by Gasteiger charge is -2.31. The van der Waals surface area contributed by atoms with Gasteiger partial charge in [-0.25, -0.2) is 0 Å². The molecule has 98 valence electrons. The normalized spacial score (nSPS) is 29.0. The number of hydrogen-bond donors (Lipinski definition) is 2. The first-order valence-corrected chi connectivity index (χ1v) is 7.99. The summed E-state index contributed by atoms with van der Waals surface area (Å²) in [6, 6.07) is 1.12. The fourth-order valence-electron chi connectivity index (χ4n) is 2.47. The molecule has 0 spiro atoms. The van der Waals surface area contributed by atoms with Gasteiger partial charge in [-0.2, -0.15) is 0 Å². The molecule has 0 radical (unpaired) electrons. The highest BCUT2D eigenvalue weighted by Crippen LogP contribution is 2.29. The Bertz CT molecular complexity index is 254. The predicted molar refractivity (Wildman–Crippen MR) is 73.3 cm³/mol. The van der Waals surface area contributed by atoms with Crippen molar-refractivity contribution in [3.8, 4) is 0 Å². The van der Waals surface area contributed by atoms with Crippen LogP contribution in [0.3, 0.4) is 0 Å². The van der Waals surface area contributed by atoms with Crippen molar-refractivity contribution in [2.24, 2.45) is 0 Å². The summed E-state index contributed by atoms with van der Waals surface area (Å²) in [6.45, 7) is 3.20. The van der Waals surface area contributed by atoms with E-state index in [0.717, 1.165) is 6.54 Å². The molecular formula is C13H24N2OS. The van der Waals surface area contributed by atoms with Crippen molar-refractivity contribution in [1.29, 1.82) is 0 Å². The van der Waals surface area contributed by atoms with Crippen LogP contribution in [0.5, 0.6) is 0 Å². The van der Waals surface area contributed by atoms with Crippen molar-refractivity contribution in [3.05, 3.63) is 0 Å². The highest BCUT2D eigenvalue weighted by Gasteiger charge is 2.27. The summed E-state index contributed by atoms with van der Waals surface area (Å²) >= 11 is 1.85. The average molecular weight is 256 g/mol. The summed E-state index contributed by atoms with van der Waals surface area (Å²) in [4.78, 5) is 11.6. The molecule has 4 heteroatoms. The molecule has 0 aromatic rings. The summed E-state index contributed by atoms with van der Waals surface area (Å²) in [5.74, 6) is 0.876. The van der Waals surface area contributed by atoms with Crippen molar-refractivity contribution in [2.45, 2.75) is 62.8 Å². The Morgan fingerprint density at radius 3 is 2.71 bits per heavy atom. The molecule has 0 aromatic heterocycles. The number of carbonyl (C=O) groups is 1. The van der Waals surface area contributed by atoms with E-state index in [-0.39, 0.29) is 5.91 Å². The van der Waals surface area contributed by atoms with Gasteiger partial charge in [0, 0.05) is 17.3 Å². The van der Waals surface area contributed by atoms with Crippen molar-refractivity contribution in [3.63, 3.8) is 0 Å². The molecule has 2 aliphatic rings. The number of rotatable bonds is 6. The van der Waals surface area contributed by atoms with Crippen LogP contribution in [-0.2, 0) is 4.79 Å². The van der Waals surface area contributed by atoms with Gasteiger partial charge >= 0.3 is 0 Å². The molecule has 2 fully saturated rings. The van der Waals surface area contributed by atoms with Crippen molar-refractivity contribution in [2.75, 3.05) is 12.3 Å². The second-order valence-corrected chi connectivity index (χ2v) is 6.37. The van der Waals surface area contributed by atoms with E-state index in [1.165, 1.54) is 38.5 Å². The molecule has 0 heterocycles. The van der Waals surface area contributed by atoms with E-state index in [2.05, 4.69) is 17.6 Å². The van der Waals surface area contributed by atoms with E-state index in [4.69, 9.17) is 0 Å². The average Bonchev–Trinajstić information content (AvgIpc) is 3.12. The van der Waals surface area contributed by atoms with Gasteiger partial charge in [-0.05, 0) is 32.2 Å². The fraction of sp³-hybridized carbons (Fsp3) is 0.923. The molecular weight excluding hydrogens is 232 g/mol. The summed E-state index contributed by atoms with van der Waals surface area (Å²) in [5, 5.41) is 7.25. The van der Waals surface area contributed by atoms with Gasteiger partial charge in [0.15, 0.2) is 0 Å². The predicted octanol–water partition coefficient (Wildman–Crippen LogP) is 1.92. The maximum absolute atomic E-state index is 11.6. The Labute approximate surface area is 108 Å². The summed E-state index contributed by atoms with van der Waals surface area (Å²) in [6.07, 6.45) is 7.56. The number of amides is 1. The molecule has 3 nitrogen and oxygen atoms in total. The molecule has 0 aromatic carbocycles. The van der Waals surface area contributed by atoms with Gasteiger partial charge in [-0.15, -0.1) is 11.8 Å². The van der Waals surface area contributed by atoms with Crippen LogP contribution in [0.2, 0.25) is 0 Å². The first kappa shape index (κ1) is 13.2. The van der Waals surface area contributed by atoms with Crippen LogP contribution in [0.1, 0.15) is 45.4 Å². The largest absolute Gasteiger partial charge is 0.353 e. The Balaban J connectivity index is 1.69. The van der Waals surface area contributed by atoms with Crippen LogP contribution in [-0.4, -0.2) is 35.5 Å². The van der Waals surface area contributed by atoms with Gasteiger partial charge in [0.1, 0.15) is 0 Å². The Morgan fingerprint density at radius 1 is 1.24 bits per heavy atom. The Hall–Kier alpha value is -0.220. The zero-order valence-electron chi connectivity index (χ0n) is 10.7. The molecule has 0 aliphatic heterocycles. The highest BCUT2D eigenvalue weighted by atomic mass is 32.2. The van der Waals surface area contributed by atoms with Crippen LogP contribution in [0.25, 0.3) is 0 Å². The summed E-state index contributed by atoms with van der Waals surface area (Å²) in [7, 11) is 0. The molecule has 2 N–H and O–H groups in total. The molecule has 2 rings (SSSR count). The monoisotopic (exact) mass is 256 g/mol. The van der Waals surface area contributed by atoms with Crippen LogP contribution in [0.4, 0.5) is 0 Å². The van der Waals surface area contributed by atoms with Crippen LogP contribution in [0, 0.1) is 0 Å². The van der Waals surface area contributed by atoms with Crippen molar-refractivity contribution >= 4 is 17.7 Å².